The van der Waals surface area contributed by atoms with Crippen LogP contribution in [0.5, 0.6) is 0 Å². The number of alkyl halides is 3. The molecule has 0 aromatic heterocycles. The highest BCUT2D eigenvalue weighted by Crippen LogP contribution is 2.33. The predicted molar refractivity (Wildman–Crippen MR) is 78.2 cm³/mol. The van der Waals surface area contributed by atoms with Gasteiger partial charge in [0.25, 0.3) is 0 Å². The molecule has 1 saturated carbocycles. The van der Waals surface area contributed by atoms with E-state index in [9.17, 15) is 18.0 Å². The minimum Gasteiger partial charge on any atom is -0.354 e. The largest absolute Gasteiger partial charge is 0.416 e. The van der Waals surface area contributed by atoms with Crippen LogP contribution in [0.25, 0.3) is 0 Å². The molecule has 1 aromatic rings. The molecule has 3 nitrogen and oxygen atoms in total. The third kappa shape index (κ3) is 3.80. The SMILES string of the molecule is CC(C)(C(=O)NCC(N)C1CC1)c1cccc(C(F)(F)F)c1. The molecule has 1 fully saturated rings. The molecule has 3 N–H and O–H groups in total. The first-order chi connectivity index (χ1) is 10.1. The zero-order valence-corrected chi connectivity index (χ0v) is 12.7. The maximum absolute atomic E-state index is 12.8. The van der Waals surface area contributed by atoms with Crippen LogP contribution in [-0.2, 0) is 16.4 Å². The quantitative estimate of drug-likeness (QED) is 0.878. The average molecular weight is 314 g/mol. The Morgan fingerprint density at radius 3 is 2.45 bits per heavy atom. The molecular formula is C16H21F3N2O. The molecule has 1 aromatic carbocycles. The van der Waals surface area contributed by atoms with E-state index in [0.29, 0.717) is 18.0 Å². The molecule has 0 heterocycles. The Kier molecular flexibility index (Phi) is 4.52. The van der Waals surface area contributed by atoms with Crippen molar-refractivity contribution in [3.05, 3.63) is 35.4 Å². The van der Waals surface area contributed by atoms with E-state index in [4.69, 9.17) is 5.73 Å². The fourth-order valence-electron chi connectivity index (χ4n) is 2.34. The van der Waals surface area contributed by atoms with Gasteiger partial charge in [-0.25, -0.2) is 0 Å². The summed E-state index contributed by atoms with van der Waals surface area (Å²) >= 11 is 0. The molecule has 0 aliphatic heterocycles. The van der Waals surface area contributed by atoms with E-state index in [1.54, 1.807) is 13.8 Å². The molecule has 1 amide bonds. The van der Waals surface area contributed by atoms with Crippen molar-refractivity contribution in [2.24, 2.45) is 11.7 Å². The van der Waals surface area contributed by atoms with Crippen LogP contribution in [0.4, 0.5) is 13.2 Å². The average Bonchev–Trinajstić information content (AvgIpc) is 3.28. The Hall–Kier alpha value is -1.56. The van der Waals surface area contributed by atoms with Gasteiger partial charge in [0.15, 0.2) is 0 Å². The Morgan fingerprint density at radius 2 is 1.91 bits per heavy atom. The molecular weight excluding hydrogens is 293 g/mol. The van der Waals surface area contributed by atoms with Crippen LogP contribution in [0.3, 0.4) is 0 Å². The first-order valence-corrected chi connectivity index (χ1v) is 7.34. The Bertz CT molecular complexity index is 551. The summed E-state index contributed by atoms with van der Waals surface area (Å²) in [5.74, 6) is 0.139. The van der Waals surface area contributed by atoms with Gasteiger partial charge in [-0.15, -0.1) is 0 Å². The number of hydrogen-bond acceptors (Lipinski definition) is 2. The van der Waals surface area contributed by atoms with Gasteiger partial charge >= 0.3 is 6.18 Å². The maximum atomic E-state index is 12.8. The van der Waals surface area contributed by atoms with Gasteiger partial charge in [0.1, 0.15) is 0 Å². The number of nitrogens with one attached hydrogen (secondary N) is 1. The number of halogens is 3. The predicted octanol–water partition coefficient (Wildman–Crippen LogP) is 2.84. The van der Waals surface area contributed by atoms with Crippen molar-refractivity contribution in [1.29, 1.82) is 0 Å². The second kappa shape index (κ2) is 5.91. The van der Waals surface area contributed by atoms with Gasteiger partial charge in [0.2, 0.25) is 5.91 Å². The number of carbonyl (C=O) groups is 1. The first-order valence-electron chi connectivity index (χ1n) is 7.34. The van der Waals surface area contributed by atoms with Gasteiger partial charge in [-0.05, 0) is 44.2 Å². The van der Waals surface area contributed by atoms with Crippen molar-refractivity contribution in [1.82, 2.24) is 5.32 Å². The fourth-order valence-corrected chi connectivity index (χ4v) is 2.34. The molecule has 122 valence electrons. The van der Waals surface area contributed by atoms with E-state index in [2.05, 4.69) is 5.32 Å². The molecule has 6 heteroatoms. The first kappa shape index (κ1) is 16.8. The number of rotatable bonds is 5. The highest BCUT2D eigenvalue weighted by atomic mass is 19.4. The molecule has 0 bridgehead atoms. The highest BCUT2D eigenvalue weighted by molar-refractivity contribution is 5.87. The lowest BCUT2D eigenvalue weighted by Crippen LogP contribution is -2.45. The summed E-state index contributed by atoms with van der Waals surface area (Å²) in [6.45, 7) is 3.58. The maximum Gasteiger partial charge on any atom is 0.416 e. The second-order valence-electron chi connectivity index (χ2n) is 6.41. The standard InChI is InChI=1S/C16H21F3N2O/c1-15(2,14(22)21-9-13(20)10-6-7-10)11-4-3-5-12(8-11)16(17,18)19/h3-5,8,10,13H,6-7,9,20H2,1-2H3,(H,21,22). The second-order valence-corrected chi connectivity index (χ2v) is 6.41. The van der Waals surface area contributed by atoms with Gasteiger partial charge in [0, 0.05) is 12.6 Å². The monoisotopic (exact) mass is 314 g/mol. The lowest BCUT2D eigenvalue weighted by Gasteiger charge is -2.26. The van der Waals surface area contributed by atoms with Crippen LogP contribution >= 0.6 is 0 Å². The topological polar surface area (TPSA) is 55.1 Å². The Morgan fingerprint density at radius 1 is 1.32 bits per heavy atom. The summed E-state index contributed by atoms with van der Waals surface area (Å²) in [5, 5.41) is 2.76. The summed E-state index contributed by atoms with van der Waals surface area (Å²) in [6, 6.07) is 4.81. The van der Waals surface area contributed by atoms with Crippen LogP contribution in [0.2, 0.25) is 0 Å². The van der Waals surface area contributed by atoms with Crippen molar-refractivity contribution in [3.8, 4) is 0 Å². The van der Waals surface area contributed by atoms with Gasteiger partial charge in [-0.2, -0.15) is 13.2 Å². The lowest BCUT2D eigenvalue weighted by molar-refractivity contribution is -0.137. The summed E-state index contributed by atoms with van der Waals surface area (Å²) in [6.07, 6.45) is -2.26. The van der Waals surface area contributed by atoms with Crippen molar-refractivity contribution in [2.45, 2.75) is 44.3 Å². The third-order valence-corrected chi connectivity index (χ3v) is 4.21. The van der Waals surface area contributed by atoms with E-state index in [-0.39, 0.29) is 11.9 Å². The smallest absolute Gasteiger partial charge is 0.354 e. The van der Waals surface area contributed by atoms with Gasteiger partial charge in [0.05, 0.1) is 11.0 Å². The van der Waals surface area contributed by atoms with Crippen molar-refractivity contribution >= 4 is 5.91 Å². The minimum atomic E-state index is -4.42. The molecule has 0 spiro atoms. The molecule has 1 aliphatic rings. The molecule has 1 aliphatic carbocycles. The fraction of sp³-hybridized carbons (Fsp3) is 0.562. The van der Waals surface area contributed by atoms with Crippen molar-refractivity contribution in [3.63, 3.8) is 0 Å². The Balaban J connectivity index is 2.09. The molecule has 22 heavy (non-hydrogen) atoms. The van der Waals surface area contributed by atoms with Crippen LogP contribution in [0, 0.1) is 5.92 Å². The number of carbonyl (C=O) groups excluding carboxylic acids is 1. The van der Waals surface area contributed by atoms with E-state index in [1.807, 2.05) is 0 Å². The van der Waals surface area contributed by atoms with Crippen LogP contribution < -0.4 is 11.1 Å². The molecule has 0 saturated heterocycles. The van der Waals surface area contributed by atoms with Crippen molar-refractivity contribution < 1.29 is 18.0 Å². The van der Waals surface area contributed by atoms with Crippen molar-refractivity contribution in [2.75, 3.05) is 6.54 Å². The number of benzene rings is 1. The van der Waals surface area contributed by atoms with E-state index >= 15 is 0 Å². The molecule has 2 rings (SSSR count). The summed E-state index contributed by atoms with van der Waals surface area (Å²) in [4.78, 5) is 12.3. The normalized spacial score (nSPS) is 17.2. The summed E-state index contributed by atoms with van der Waals surface area (Å²) in [7, 11) is 0. The number of nitrogens with two attached hydrogens (primary N) is 1. The lowest BCUT2D eigenvalue weighted by atomic mass is 9.83. The van der Waals surface area contributed by atoms with E-state index in [1.165, 1.54) is 12.1 Å². The number of hydrogen-bond donors (Lipinski definition) is 2. The van der Waals surface area contributed by atoms with E-state index in [0.717, 1.165) is 25.0 Å². The zero-order valence-electron chi connectivity index (χ0n) is 12.7. The van der Waals surface area contributed by atoms with Gasteiger partial charge < -0.3 is 11.1 Å². The summed E-state index contributed by atoms with van der Waals surface area (Å²) in [5.41, 5.74) is 4.46. The van der Waals surface area contributed by atoms with E-state index < -0.39 is 17.2 Å². The Labute approximate surface area is 128 Å². The number of amides is 1. The molecule has 1 atom stereocenters. The molecule has 1 unspecified atom stereocenters. The third-order valence-electron chi connectivity index (χ3n) is 4.21. The minimum absolute atomic E-state index is 0.0822. The van der Waals surface area contributed by atoms with Crippen LogP contribution in [0.1, 0.15) is 37.8 Å². The summed E-state index contributed by atoms with van der Waals surface area (Å²) < 4.78 is 38.4. The van der Waals surface area contributed by atoms with Gasteiger partial charge in [-0.1, -0.05) is 18.2 Å². The van der Waals surface area contributed by atoms with Crippen LogP contribution in [0.15, 0.2) is 24.3 Å². The van der Waals surface area contributed by atoms with Gasteiger partial charge in [-0.3, -0.25) is 4.79 Å². The zero-order chi connectivity index (χ0) is 16.5. The van der Waals surface area contributed by atoms with Crippen LogP contribution in [-0.4, -0.2) is 18.5 Å². The highest BCUT2D eigenvalue weighted by Gasteiger charge is 2.35. The molecule has 0 radical (unpaired) electrons.